The van der Waals surface area contributed by atoms with Gasteiger partial charge in [-0.3, -0.25) is 9.69 Å². The fourth-order valence-electron chi connectivity index (χ4n) is 4.65. The number of ether oxygens (including phenoxy) is 3. The van der Waals surface area contributed by atoms with Gasteiger partial charge in [-0.1, -0.05) is 48.0 Å². The zero-order chi connectivity index (χ0) is 26.3. The Hall–Kier alpha value is -3.58. The molecule has 0 atom stereocenters. The Morgan fingerprint density at radius 3 is 2.53 bits per heavy atom. The van der Waals surface area contributed by atoms with Crippen LogP contribution in [0, 0.1) is 0 Å². The molecule has 0 spiro atoms. The van der Waals surface area contributed by atoms with E-state index in [1.807, 2.05) is 73.7 Å². The van der Waals surface area contributed by atoms with Gasteiger partial charge in [0.2, 0.25) is 0 Å². The molecule has 4 aromatic rings. The van der Waals surface area contributed by atoms with Crippen LogP contribution in [0.1, 0.15) is 17.3 Å². The van der Waals surface area contributed by atoms with Crippen molar-refractivity contribution in [1.82, 2.24) is 4.90 Å². The maximum atomic E-state index is 13.3. The van der Waals surface area contributed by atoms with Gasteiger partial charge in [0.15, 0.2) is 0 Å². The average Bonchev–Trinajstić information content (AvgIpc) is 2.96. The molecule has 4 aromatic carbocycles. The maximum Gasteiger partial charge on any atom is 0.255 e. The van der Waals surface area contributed by atoms with E-state index in [4.69, 9.17) is 25.8 Å². The summed E-state index contributed by atoms with van der Waals surface area (Å²) in [7, 11) is 0. The number of nitrogens with one attached hydrogen (secondary N) is 1. The summed E-state index contributed by atoms with van der Waals surface area (Å²) in [5.41, 5.74) is 2.98. The van der Waals surface area contributed by atoms with Crippen molar-refractivity contribution in [3.8, 4) is 22.6 Å². The maximum absolute atomic E-state index is 13.3. The minimum atomic E-state index is -0.196. The molecule has 7 heteroatoms. The molecule has 1 heterocycles. The van der Waals surface area contributed by atoms with E-state index in [0.717, 1.165) is 71.9 Å². The third-order valence-electron chi connectivity index (χ3n) is 6.58. The first-order valence-electron chi connectivity index (χ1n) is 12.9. The van der Waals surface area contributed by atoms with E-state index in [9.17, 15) is 4.79 Å². The fourth-order valence-corrected chi connectivity index (χ4v) is 4.82. The van der Waals surface area contributed by atoms with Gasteiger partial charge in [-0.2, -0.15) is 0 Å². The zero-order valence-electron chi connectivity index (χ0n) is 21.4. The summed E-state index contributed by atoms with van der Waals surface area (Å²) in [6, 6.07) is 24.8. The van der Waals surface area contributed by atoms with Crippen LogP contribution in [0.25, 0.3) is 21.9 Å². The predicted octanol–water partition coefficient (Wildman–Crippen LogP) is 6.52. The summed E-state index contributed by atoms with van der Waals surface area (Å²) >= 11 is 6.26. The summed E-state index contributed by atoms with van der Waals surface area (Å²) in [4.78, 5) is 15.7. The Morgan fingerprint density at radius 2 is 1.71 bits per heavy atom. The van der Waals surface area contributed by atoms with Crippen molar-refractivity contribution in [1.29, 1.82) is 0 Å². The zero-order valence-corrected chi connectivity index (χ0v) is 22.2. The first kappa shape index (κ1) is 26.0. The molecular weight excluding hydrogens is 500 g/mol. The molecule has 196 valence electrons. The number of anilines is 1. The van der Waals surface area contributed by atoms with Gasteiger partial charge in [-0.25, -0.2) is 0 Å². The minimum Gasteiger partial charge on any atom is -0.493 e. The minimum absolute atomic E-state index is 0.196. The number of hydrogen-bond acceptors (Lipinski definition) is 5. The number of carbonyl (C=O) groups is 1. The number of hydrogen-bond donors (Lipinski definition) is 1. The molecule has 0 saturated carbocycles. The molecule has 1 N–H and O–H groups in total. The van der Waals surface area contributed by atoms with Crippen LogP contribution in [0.5, 0.6) is 11.5 Å². The second kappa shape index (κ2) is 12.3. The quantitative estimate of drug-likeness (QED) is 0.267. The van der Waals surface area contributed by atoms with Crippen LogP contribution >= 0.6 is 11.6 Å². The number of halogens is 1. The van der Waals surface area contributed by atoms with Gasteiger partial charge >= 0.3 is 0 Å². The normalized spacial score (nSPS) is 13.8. The summed E-state index contributed by atoms with van der Waals surface area (Å²) in [5, 5.41) is 5.59. The lowest BCUT2D eigenvalue weighted by molar-refractivity contribution is 0.0323. The molecule has 0 aromatic heterocycles. The van der Waals surface area contributed by atoms with Crippen molar-refractivity contribution in [3.63, 3.8) is 0 Å². The highest BCUT2D eigenvalue weighted by atomic mass is 35.5. The summed E-state index contributed by atoms with van der Waals surface area (Å²) in [6.45, 7) is 7.32. The van der Waals surface area contributed by atoms with E-state index in [0.29, 0.717) is 23.8 Å². The molecule has 1 fully saturated rings. The van der Waals surface area contributed by atoms with Crippen LogP contribution in [-0.4, -0.2) is 56.9 Å². The smallest absolute Gasteiger partial charge is 0.255 e. The van der Waals surface area contributed by atoms with Gasteiger partial charge in [0.1, 0.15) is 18.1 Å². The van der Waals surface area contributed by atoms with E-state index in [2.05, 4.69) is 10.2 Å². The van der Waals surface area contributed by atoms with Gasteiger partial charge < -0.3 is 19.5 Å². The number of carbonyl (C=O) groups excluding carboxylic acids is 1. The highest BCUT2D eigenvalue weighted by Gasteiger charge is 2.15. The second-order valence-electron chi connectivity index (χ2n) is 9.07. The topological polar surface area (TPSA) is 60.0 Å². The van der Waals surface area contributed by atoms with Crippen LogP contribution in [0.15, 0.2) is 78.9 Å². The lowest BCUT2D eigenvalue weighted by atomic mass is 10.0. The van der Waals surface area contributed by atoms with E-state index >= 15 is 0 Å². The molecule has 1 amide bonds. The molecule has 5 rings (SSSR count). The van der Waals surface area contributed by atoms with Crippen LogP contribution in [0.3, 0.4) is 0 Å². The van der Waals surface area contributed by atoms with Crippen molar-refractivity contribution < 1.29 is 19.0 Å². The highest BCUT2D eigenvalue weighted by molar-refractivity contribution is 6.31. The first-order chi connectivity index (χ1) is 18.6. The largest absolute Gasteiger partial charge is 0.493 e. The number of fused-ring (bicyclic) bond motifs is 1. The standard InChI is InChI=1S/C31H31ClN2O4/c1-2-37-30-12-10-24(32)21-27(30)22-6-5-7-23(20-22)31(35)33-28-11-13-29(26-9-4-3-8-25(26)28)38-19-16-34-14-17-36-18-15-34/h3-13,20-21H,2,14-19H2,1H3,(H,33,35). The monoisotopic (exact) mass is 530 g/mol. The first-order valence-corrected chi connectivity index (χ1v) is 13.3. The lowest BCUT2D eigenvalue weighted by Gasteiger charge is -2.26. The molecule has 1 saturated heterocycles. The molecule has 1 aliphatic heterocycles. The molecule has 0 unspecified atom stereocenters. The van der Waals surface area contributed by atoms with Crippen molar-refractivity contribution in [2.45, 2.75) is 6.92 Å². The molecule has 6 nitrogen and oxygen atoms in total. The molecule has 0 bridgehead atoms. The second-order valence-corrected chi connectivity index (χ2v) is 9.50. The van der Waals surface area contributed by atoms with E-state index in [-0.39, 0.29) is 5.91 Å². The van der Waals surface area contributed by atoms with Gasteiger partial charge in [0, 0.05) is 52.2 Å². The van der Waals surface area contributed by atoms with Crippen LogP contribution in [0.4, 0.5) is 5.69 Å². The number of morpholine rings is 1. The third kappa shape index (κ3) is 6.10. The summed E-state index contributed by atoms with van der Waals surface area (Å²) in [5.74, 6) is 1.33. The van der Waals surface area contributed by atoms with Crippen LogP contribution in [-0.2, 0) is 4.74 Å². The number of nitrogens with zero attached hydrogens (tertiary/aromatic N) is 1. The van der Waals surface area contributed by atoms with Crippen molar-refractivity contribution in [2.75, 3.05) is 51.4 Å². The Balaban J connectivity index is 1.34. The van der Waals surface area contributed by atoms with Gasteiger partial charge in [-0.05, 0) is 55.0 Å². The Morgan fingerprint density at radius 1 is 0.921 bits per heavy atom. The third-order valence-corrected chi connectivity index (χ3v) is 6.81. The van der Waals surface area contributed by atoms with Crippen LogP contribution in [0.2, 0.25) is 5.02 Å². The Kier molecular flexibility index (Phi) is 8.44. The van der Waals surface area contributed by atoms with Gasteiger partial charge in [0.05, 0.1) is 19.8 Å². The number of benzene rings is 4. The molecule has 0 aliphatic carbocycles. The summed E-state index contributed by atoms with van der Waals surface area (Å²) < 4.78 is 17.4. The van der Waals surface area contributed by atoms with Crippen LogP contribution < -0.4 is 14.8 Å². The van der Waals surface area contributed by atoms with Gasteiger partial charge in [0.25, 0.3) is 5.91 Å². The number of rotatable bonds is 9. The van der Waals surface area contributed by atoms with Crippen molar-refractivity contribution in [2.24, 2.45) is 0 Å². The summed E-state index contributed by atoms with van der Waals surface area (Å²) in [6.07, 6.45) is 0. The van der Waals surface area contributed by atoms with E-state index < -0.39 is 0 Å². The lowest BCUT2D eigenvalue weighted by Crippen LogP contribution is -2.38. The Labute approximate surface area is 228 Å². The molecule has 1 aliphatic rings. The average molecular weight is 531 g/mol. The number of amides is 1. The van der Waals surface area contributed by atoms with Crippen molar-refractivity contribution >= 4 is 34.0 Å². The Bertz CT molecular complexity index is 1420. The molecular formula is C31H31ClN2O4. The highest BCUT2D eigenvalue weighted by Crippen LogP contribution is 2.34. The molecule has 0 radical (unpaired) electrons. The van der Waals surface area contributed by atoms with Crippen molar-refractivity contribution in [3.05, 3.63) is 89.4 Å². The fraction of sp³-hybridized carbons (Fsp3) is 0.258. The van der Waals surface area contributed by atoms with E-state index in [1.165, 1.54) is 0 Å². The molecule has 38 heavy (non-hydrogen) atoms. The van der Waals surface area contributed by atoms with Gasteiger partial charge in [-0.15, -0.1) is 0 Å². The predicted molar refractivity (Wildman–Crippen MR) is 153 cm³/mol. The van der Waals surface area contributed by atoms with E-state index in [1.54, 1.807) is 12.1 Å². The SMILES string of the molecule is CCOc1ccc(Cl)cc1-c1cccc(C(=O)Nc2ccc(OCCN3CCOCC3)c3ccccc23)c1.